The summed E-state index contributed by atoms with van der Waals surface area (Å²) in [7, 11) is 0. The van der Waals surface area contributed by atoms with Crippen molar-refractivity contribution in [3.05, 3.63) is 187 Å². The maximum Gasteiger partial charge on any atom is 0.416 e. The Hall–Kier alpha value is -7.00. The van der Waals surface area contributed by atoms with E-state index in [0.717, 1.165) is 62.8 Å². The quantitative estimate of drug-likeness (QED) is 0.158. The van der Waals surface area contributed by atoms with E-state index in [1.807, 2.05) is 122 Å². The maximum absolute atomic E-state index is 14.0. The zero-order valence-corrected chi connectivity index (χ0v) is 30.8. The van der Waals surface area contributed by atoms with Gasteiger partial charge in [-0.1, -0.05) is 115 Å². The summed E-state index contributed by atoms with van der Waals surface area (Å²) in [6.07, 6.45) is -9.14. The van der Waals surface area contributed by atoms with Gasteiger partial charge in [-0.2, -0.15) is 26.3 Å². The summed E-state index contributed by atoms with van der Waals surface area (Å²) in [5, 5.41) is 1.89. The molecule has 0 fully saturated rings. The number of hydrogen-bond acceptors (Lipinski definition) is 2. The molecule has 2 heterocycles. The minimum absolute atomic E-state index is 0.450. The Kier molecular flexibility index (Phi) is 8.96. The maximum atomic E-state index is 14.0. The molecule has 0 N–H and O–H groups in total. The highest BCUT2D eigenvalue weighted by atomic mass is 19.4. The van der Waals surface area contributed by atoms with Crippen molar-refractivity contribution >= 4 is 21.8 Å². The molecule has 0 atom stereocenters. The zero-order chi connectivity index (χ0) is 40.2. The number of aryl methyl sites for hydroxylation is 1. The lowest BCUT2D eigenvalue weighted by Gasteiger charge is -2.22. The number of nitrogens with zero attached hydrogens (tertiary/aromatic N) is 3. The van der Waals surface area contributed by atoms with Gasteiger partial charge >= 0.3 is 12.4 Å². The molecular formula is C49H31F6N3. The van der Waals surface area contributed by atoms with E-state index in [1.54, 1.807) is 0 Å². The predicted molar refractivity (Wildman–Crippen MR) is 218 cm³/mol. The normalized spacial score (nSPS) is 12.1. The number of alkyl halides is 6. The van der Waals surface area contributed by atoms with Crippen LogP contribution in [0.25, 0.3) is 83.6 Å². The van der Waals surface area contributed by atoms with E-state index < -0.39 is 23.5 Å². The topological polar surface area (TPSA) is 30.7 Å². The predicted octanol–water partition coefficient (Wildman–Crippen LogP) is 14.3. The lowest BCUT2D eigenvalue weighted by molar-refractivity contribution is -0.138. The monoisotopic (exact) mass is 775 g/mol. The Labute approximate surface area is 329 Å². The summed E-state index contributed by atoms with van der Waals surface area (Å²) in [5.41, 5.74) is 7.01. The first-order valence-corrected chi connectivity index (χ1v) is 18.5. The Balaban J connectivity index is 1.41. The van der Waals surface area contributed by atoms with Crippen LogP contribution in [0.2, 0.25) is 0 Å². The molecule has 9 aromatic rings. The molecule has 0 bridgehead atoms. The molecule has 0 unspecified atom stereocenters. The highest BCUT2D eigenvalue weighted by molar-refractivity contribution is 6.11. The standard InChI is InChI=1S/C49H31F6N3/c1-30-16-25-45-41(26-30)38-14-8-9-15-44(38)58(45)46-39(31-17-21-36(22-18-31)48(50,51)52)27-35(28-40(46)32-19-23-37(24-20-32)49(53,54)55)43-29-42(33-10-4-2-5-11-33)56-47(57-43)34-12-6-3-7-13-34/h2-29H,1H3. The van der Waals surface area contributed by atoms with Crippen LogP contribution >= 0.6 is 0 Å². The van der Waals surface area contributed by atoms with Gasteiger partial charge in [0, 0.05) is 38.6 Å². The first-order chi connectivity index (χ1) is 27.9. The van der Waals surface area contributed by atoms with Crippen molar-refractivity contribution < 1.29 is 26.3 Å². The molecule has 284 valence electrons. The van der Waals surface area contributed by atoms with E-state index in [9.17, 15) is 26.3 Å². The van der Waals surface area contributed by atoms with Crippen molar-refractivity contribution in [2.24, 2.45) is 0 Å². The molecule has 0 amide bonds. The Morgan fingerprint density at radius 2 is 0.897 bits per heavy atom. The molecule has 7 aromatic carbocycles. The Morgan fingerprint density at radius 3 is 1.45 bits per heavy atom. The van der Waals surface area contributed by atoms with Crippen molar-refractivity contribution in [2.75, 3.05) is 0 Å². The number of fused-ring (bicyclic) bond motifs is 3. The van der Waals surface area contributed by atoms with Gasteiger partial charge in [0.15, 0.2) is 5.82 Å². The Morgan fingerprint density at radius 1 is 0.414 bits per heavy atom. The van der Waals surface area contributed by atoms with Crippen molar-refractivity contribution in [2.45, 2.75) is 19.3 Å². The van der Waals surface area contributed by atoms with E-state index in [-0.39, 0.29) is 0 Å². The number of rotatable bonds is 6. The van der Waals surface area contributed by atoms with Crippen LogP contribution in [0.4, 0.5) is 26.3 Å². The lowest BCUT2D eigenvalue weighted by Crippen LogP contribution is -2.06. The van der Waals surface area contributed by atoms with Crippen LogP contribution in [0.1, 0.15) is 16.7 Å². The Bertz CT molecular complexity index is 2810. The van der Waals surface area contributed by atoms with Crippen molar-refractivity contribution in [1.29, 1.82) is 0 Å². The minimum atomic E-state index is -4.57. The fourth-order valence-corrected chi connectivity index (χ4v) is 7.54. The molecule has 58 heavy (non-hydrogen) atoms. The summed E-state index contributed by atoms with van der Waals surface area (Å²) in [6, 6.07) is 48.5. The summed E-state index contributed by atoms with van der Waals surface area (Å²) in [4.78, 5) is 9.98. The van der Waals surface area contributed by atoms with E-state index in [2.05, 4.69) is 10.6 Å². The molecule has 0 aliphatic rings. The van der Waals surface area contributed by atoms with Gasteiger partial charge in [-0.05, 0) is 78.7 Å². The molecular weight excluding hydrogens is 745 g/mol. The number of aromatic nitrogens is 3. The molecule has 0 saturated carbocycles. The van der Waals surface area contributed by atoms with E-state index in [1.165, 1.54) is 24.3 Å². The van der Waals surface area contributed by atoms with Gasteiger partial charge in [0.1, 0.15) is 0 Å². The molecule has 9 heteroatoms. The molecule has 0 radical (unpaired) electrons. The smallest absolute Gasteiger partial charge is 0.308 e. The largest absolute Gasteiger partial charge is 0.416 e. The number of hydrogen-bond donors (Lipinski definition) is 0. The highest BCUT2D eigenvalue weighted by Gasteiger charge is 2.32. The molecule has 0 spiro atoms. The van der Waals surface area contributed by atoms with Gasteiger partial charge in [-0.3, -0.25) is 0 Å². The van der Waals surface area contributed by atoms with Crippen LogP contribution in [0.5, 0.6) is 0 Å². The van der Waals surface area contributed by atoms with E-state index >= 15 is 0 Å². The van der Waals surface area contributed by atoms with Crippen LogP contribution in [-0.4, -0.2) is 14.5 Å². The fourth-order valence-electron chi connectivity index (χ4n) is 7.54. The third-order valence-corrected chi connectivity index (χ3v) is 10.3. The van der Waals surface area contributed by atoms with Crippen LogP contribution in [0.3, 0.4) is 0 Å². The first-order valence-electron chi connectivity index (χ1n) is 18.5. The number of benzene rings is 7. The van der Waals surface area contributed by atoms with Gasteiger partial charge in [0.2, 0.25) is 0 Å². The molecule has 0 aliphatic carbocycles. The summed E-state index contributed by atoms with van der Waals surface area (Å²) in [6.45, 7) is 2.00. The SMILES string of the molecule is Cc1ccc2c(c1)c1ccccc1n2-c1c(-c2ccc(C(F)(F)F)cc2)cc(-c2cc(-c3ccccc3)nc(-c3ccccc3)n2)cc1-c1ccc(C(F)(F)F)cc1. The minimum Gasteiger partial charge on any atom is -0.308 e. The second-order valence-electron chi connectivity index (χ2n) is 14.1. The van der Waals surface area contributed by atoms with E-state index in [0.29, 0.717) is 50.7 Å². The summed E-state index contributed by atoms with van der Waals surface area (Å²) < 4.78 is 85.8. The lowest BCUT2D eigenvalue weighted by atomic mass is 9.90. The fraction of sp³-hybridized carbons (Fsp3) is 0.0612. The van der Waals surface area contributed by atoms with Crippen LogP contribution in [0, 0.1) is 6.92 Å². The van der Waals surface area contributed by atoms with Gasteiger partial charge in [-0.15, -0.1) is 0 Å². The van der Waals surface area contributed by atoms with Gasteiger partial charge in [0.05, 0.1) is 39.2 Å². The zero-order valence-electron chi connectivity index (χ0n) is 30.8. The average Bonchev–Trinajstić information content (AvgIpc) is 3.56. The molecule has 2 aromatic heterocycles. The number of para-hydroxylation sites is 1. The molecule has 0 saturated heterocycles. The highest BCUT2D eigenvalue weighted by Crippen LogP contribution is 2.45. The van der Waals surface area contributed by atoms with Crippen molar-refractivity contribution in [3.63, 3.8) is 0 Å². The van der Waals surface area contributed by atoms with Crippen LogP contribution < -0.4 is 0 Å². The molecule has 0 aliphatic heterocycles. The second-order valence-corrected chi connectivity index (χ2v) is 14.1. The third-order valence-electron chi connectivity index (χ3n) is 10.3. The van der Waals surface area contributed by atoms with Crippen LogP contribution in [0.15, 0.2) is 170 Å². The van der Waals surface area contributed by atoms with Gasteiger partial charge in [0.25, 0.3) is 0 Å². The second kappa shape index (κ2) is 14.2. The van der Waals surface area contributed by atoms with Gasteiger partial charge in [-0.25, -0.2) is 9.97 Å². The summed E-state index contributed by atoms with van der Waals surface area (Å²) >= 11 is 0. The molecule has 9 rings (SSSR count). The molecule has 3 nitrogen and oxygen atoms in total. The van der Waals surface area contributed by atoms with Gasteiger partial charge < -0.3 is 4.57 Å². The summed E-state index contributed by atoms with van der Waals surface area (Å²) in [5.74, 6) is 0.450. The van der Waals surface area contributed by atoms with Crippen molar-refractivity contribution in [1.82, 2.24) is 14.5 Å². The third kappa shape index (κ3) is 6.78. The first kappa shape index (κ1) is 36.6. The average molecular weight is 776 g/mol. The number of halogens is 6. The van der Waals surface area contributed by atoms with Crippen LogP contribution in [-0.2, 0) is 12.4 Å². The van der Waals surface area contributed by atoms with Crippen molar-refractivity contribution in [3.8, 4) is 61.8 Å². The van der Waals surface area contributed by atoms with E-state index in [4.69, 9.17) is 9.97 Å².